The molecule has 0 aliphatic rings. The summed E-state index contributed by atoms with van der Waals surface area (Å²) in [7, 11) is 0.979. The van der Waals surface area contributed by atoms with Gasteiger partial charge in [-0.3, -0.25) is 4.57 Å². The Kier molecular flexibility index (Phi) is 3.97. The van der Waals surface area contributed by atoms with Gasteiger partial charge in [-0.15, -0.1) is 5.98 Å². The molecule has 1 aromatic heterocycles. The number of aromatic nitrogens is 2. The molecule has 1 aromatic rings. The van der Waals surface area contributed by atoms with Crippen molar-refractivity contribution < 1.29 is 0 Å². The van der Waals surface area contributed by atoms with Crippen molar-refractivity contribution in [3.63, 3.8) is 0 Å². The fourth-order valence-corrected chi connectivity index (χ4v) is 1.05. The zero-order chi connectivity index (χ0) is 10.4. The van der Waals surface area contributed by atoms with Crippen LogP contribution in [0.5, 0.6) is 0 Å². The summed E-state index contributed by atoms with van der Waals surface area (Å²) in [6.07, 6.45) is 5.63. The molecule has 0 bridgehead atoms. The van der Waals surface area contributed by atoms with Gasteiger partial charge >= 0.3 is 5.69 Å². The highest BCUT2D eigenvalue weighted by atomic mass is 16.1. The first-order valence-electron chi connectivity index (χ1n) is 4.75. The Balaban J connectivity index is 2.67. The molecule has 0 aliphatic carbocycles. The minimum Gasteiger partial charge on any atom is -0.383 e. The Bertz CT molecular complexity index is 373. The summed E-state index contributed by atoms with van der Waals surface area (Å²) in [5, 5.41) is 0. The number of nitrogens with zero attached hydrogens (tertiary/aromatic N) is 2. The molecule has 5 heteroatoms. The molecule has 14 heavy (non-hydrogen) atoms. The lowest BCUT2D eigenvalue weighted by molar-refractivity contribution is 0.968. The number of nitrogen functional groups attached to an aromatic ring is 1. The van der Waals surface area contributed by atoms with E-state index in [-0.39, 0.29) is 11.5 Å². The molecular weight excluding hydrogens is 177 g/mol. The van der Waals surface area contributed by atoms with Crippen molar-refractivity contribution in [1.82, 2.24) is 9.55 Å². The SMILES string of the molecule is CCCB/C=C\n1ccc(N)nc1=O. The molecule has 0 radical (unpaired) electrons. The predicted molar refractivity (Wildman–Crippen MR) is 60.5 cm³/mol. The van der Waals surface area contributed by atoms with Gasteiger partial charge in [-0.1, -0.05) is 19.7 Å². The van der Waals surface area contributed by atoms with Crippen molar-refractivity contribution in [2.24, 2.45) is 0 Å². The molecule has 2 N–H and O–H groups in total. The second-order valence-corrected chi connectivity index (χ2v) is 3.07. The lowest BCUT2D eigenvalue weighted by Gasteiger charge is -1.96. The van der Waals surface area contributed by atoms with E-state index < -0.39 is 0 Å². The third-order valence-electron chi connectivity index (χ3n) is 1.84. The van der Waals surface area contributed by atoms with Crippen LogP contribution in [0, 0.1) is 0 Å². The smallest absolute Gasteiger partial charge is 0.353 e. The van der Waals surface area contributed by atoms with E-state index in [1.54, 1.807) is 18.5 Å². The first-order chi connectivity index (χ1) is 6.74. The molecule has 0 spiro atoms. The fourth-order valence-electron chi connectivity index (χ4n) is 1.05. The molecule has 74 valence electrons. The van der Waals surface area contributed by atoms with Crippen molar-refractivity contribution in [3.05, 3.63) is 28.7 Å². The Morgan fingerprint density at radius 3 is 3.14 bits per heavy atom. The maximum atomic E-state index is 11.2. The van der Waals surface area contributed by atoms with E-state index >= 15 is 0 Å². The van der Waals surface area contributed by atoms with Crippen LogP contribution in [-0.2, 0) is 0 Å². The minimum absolute atomic E-state index is 0.258. The summed E-state index contributed by atoms with van der Waals surface area (Å²) in [6.45, 7) is 2.13. The van der Waals surface area contributed by atoms with Crippen LogP contribution in [0.15, 0.2) is 23.0 Å². The molecule has 1 heterocycles. The van der Waals surface area contributed by atoms with Crippen molar-refractivity contribution in [3.8, 4) is 0 Å². The van der Waals surface area contributed by atoms with E-state index in [1.807, 2.05) is 5.98 Å². The third-order valence-corrected chi connectivity index (χ3v) is 1.84. The Morgan fingerprint density at radius 1 is 1.71 bits per heavy atom. The van der Waals surface area contributed by atoms with Gasteiger partial charge in [-0.25, -0.2) is 4.79 Å². The summed E-state index contributed by atoms with van der Waals surface area (Å²) in [5.41, 5.74) is 5.02. The van der Waals surface area contributed by atoms with E-state index in [2.05, 4.69) is 11.9 Å². The number of anilines is 1. The first-order valence-corrected chi connectivity index (χ1v) is 4.75. The molecule has 4 nitrogen and oxygen atoms in total. The molecule has 0 unspecified atom stereocenters. The molecule has 0 fully saturated rings. The van der Waals surface area contributed by atoms with Crippen LogP contribution in [0.2, 0.25) is 6.32 Å². The zero-order valence-corrected chi connectivity index (χ0v) is 8.31. The normalized spacial score (nSPS) is 10.6. The molecule has 0 aromatic carbocycles. The molecule has 0 amide bonds. The van der Waals surface area contributed by atoms with Crippen molar-refractivity contribution in [2.75, 3.05) is 5.73 Å². The van der Waals surface area contributed by atoms with E-state index in [0.29, 0.717) is 0 Å². The molecule has 1 rings (SSSR count). The van der Waals surface area contributed by atoms with Crippen molar-refractivity contribution in [2.45, 2.75) is 19.7 Å². The van der Waals surface area contributed by atoms with Crippen LogP contribution in [0.25, 0.3) is 6.20 Å². The maximum absolute atomic E-state index is 11.2. The van der Waals surface area contributed by atoms with Gasteiger partial charge in [-0.2, -0.15) is 4.98 Å². The highest BCUT2D eigenvalue weighted by Gasteiger charge is 1.92. The van der Waals surface area contributed by atoms with E-state index in [9.17, 15) is 4.79 Å². The lowest BCUT2D eigenvalue weighted by atomic mass is 9.74. The summed E-state index contributed by atoms with van der Waals surface area (Å²) < 4.78 is 1.42. The van der Waals surface area contributed by atoms with Crippen LogP contribution in [0.3, 0.4) is 0 Å². The van der Waals surface area contributed by atoms with Crippen molar-refractivity contribution in [1.29, 1.82) is 0 Å². The first kappa shape index (κ1) is 10.6. The van der Waals surface area contributed by atoms with Gasteiger partial charge in [0.05, 0.1) is 0 Å². The summed E-state index contributed by atoms with van der Waals surface area (Å²) in [5.74, 6) is 2.22. The highest BCUT2D eigenvalue weighted by Crippen LogP contribution is 1.91. The van der Waals surface area contributed by atoms with E-state index in [1.165, 1.54) is 4.57 Å². The van der Waals surface area contributed by atoms with Gasteiger partial charge in [0.1, 0.15) is 13.1 Å². The number of hydrogen-bond acceptors (Lipinski definition) is 3. The third kappa shape index (κ3) is 3.09. The summed E-state index contributed by atoms with van der Waals surface area (Å²) in [6, 6.07) is 1.60. The highest BCUT2D eigenvalue weighted by molar-refractivity contribution is 6.42. The monoisotopic (exact) mass is 191 g/mol. The van der Waals surface area contributed by atoms with Gasteiger partial charge in [-0.05, 0) is 6.07 Å². The van der Waals surface area contributed by atoms with Gasteiger partial charge < -0.3 is 5.73 Å². The molecular formula is C9H14BN3O. The fraction of sp³-hybridized carbons (Fsp3) is 0.333. The average Bonchev–Trinajstić information content (AvgIpc) is 2.15. The Morgan fingerprint density at radius 2 is 2.50 bits per heavy atom. The van der Waals surface area contributed by atoms with Crippen LogP contribution in [0.1, 0.15) is 13.3 Å². The second kappa shape index (κ2) is 5.27. The summed E-state index contributed by atoms with van der Waals surface area (Å²) in [4.78, 5) is 14.8. The van der Waals surface area contributed by atoms with Crippen LogP contribution < -0.4 is 11.4 Å². The van der Waals surface area contributed by atoms with Gasteiger partial charge in [0.15, 0.2) is 0 Å². The Hall–Kier alpha value is -1.52. The zero-order valence-electron chi connectivity index (χ0n) is 8.31. The largest absolute Gasteiger partial charge is 0.383 e. The lowest BCUT2D eigenvalue weighted by Crippen LogP contribution is -2.19. The van der Waals surface area contributed by atoms with E-state index in [4.69, 9.17) is 5.73 Å². The van der Waals surface area contributed by atoms with Gasteiger partial charge in [0, 0.05) is 12.4 Å². The van der Waals surface area contributed by atoms with Crippen LogP contribution in [-0.4, -0.2) is 16.8 Å². The number of hydrogen-bond donors (Lipinski definition) is 1. The van der Waals surface area contributed by atoms with Crippen molar-refractivity contribution >= 4 is 19.3 Å². The molecule has 0 saturated heterocycles. The van der Waals surface area contributed by atoms with E-state index in [0.717, 1.165) is 20.0 Å². The average molecular weight is 191 g/mol. The Labute approximate surface area is 83.7 Å². The molecule has 0 aliphatic heterocycles. The maximum Gasteiger partial charge on any atom is 0.353 e. The number of rotatable bonds is 4. The molecule has 0 atom stereocenters. The minimum atomic E-state index is -0.335. The van der Waals surface area contributed by atoms with Gasteiger partial charge in [0.25, 0.3) is 0 Å². The predicted octanol–water partition coefficient (Wildman–Crippen LogP) is 0.518. The summed E-state index contributed by atoms with van der Waals surface area (Å²) >= 11 is 0. The molecule has 0 saturated carbocycles. The standard InChI is InChI=1S/C9H14BN3O/c1-2-4-10-5-7-13-6-3-8(11)12-9(13)14/h3,5-7,10H,2,4H2,1H3,(H2,11,12,14)/b7-5-. The van der Waals surface area contributed by atoms with Crippen LogP contribution in [0.4, 0.5) is 5.82 Å². The van der Waals surface area contributed by atoms with Gasteiger partial charge in [0.2, 0.25) is 0 Å². The quantitative estimate of drug-likeness (QED) is 0.557. The second-order valence-electron chi connectivity index (χ2n) is 3.07. The van der Waals surface area contributed by atoms with Crippen LogP contribution >= 0.6 is 0 Å². The number of nitrogens with two attached hydrogens (primary N) is 1. The topological polar surface area (TPSA) is 60.9 Å².